The van der Waals surface area contributed by atoms with Crippen LogP contribution in [0.25, 0.3) is 0 Å². The van der Waals surface area contributed by atoms with E-state index in [4.69, 9.17) is 0 Å². The lowest BCUT2D eigenvalue weighted by Gasteiger charge is -2.39. The number of nitrogens with one attached hydrogen (secondary N) is 1. The van der Waals surface area contributed by atoms with Crippen molar-refractivity contribution in [1.82, 2.24) is 29.5 Å². The van der Waals surface area contributed by atoms with E-state index < -0.39 is 0 Å². The fourth-order valence-corrected chi connectivity index (χ4v) is 3.91. The standard InChI is InChI=1S/C19H31N7.HI/c1-14-7-10-25(12-18(14)26-11-9-21-13-26)19(20-4)22-8-6-17-15(2)23-24(5)16(17)3;/h9,11,13-14,18H,6-8,10,12H2,1-5H3,(H,20,22);1H. The van der Waals surface area contributed by atoms with Gasteiger partial charge in [-0.15, -0.1) is 24.0 Å². The van der Waals surface area contributed by atoms with Crippen LogP contribution in [0.1, 0.15) is 36.3 Å². The first-order valence-corrected chi connectivity index (χ1v) is 9.43. The number of rotatable bonds is 4. The van der Waals surface area contributed by atoms with Crippen LogP contribution in [0, 0.1) is 19.8 Å². The first-order chi connectivity index (χ1) is 12.5. The van der Waals surface area contributed by atoms with Gasteiger partial charge in [0.1, 0.15) is 0 Å². The normalized spacial score (nSPS) is 20.5. The molecule has 0 saturated carbocycles. The minimum absolute atomic E-state index is 0. The fourth-order valence-electron chi connectivity index (χ4n) is 3.91. The van der Waals surface area contributed by atoms with Crippen LogP contribution in [-0.2, 0) is 13.5 Å². The molecule has 7 nitrogen and oxygen atoms in total. The second-order valence-electron chi connectivity index (χ2n) is 7.29. The Morgan fingerprint density at radius 1 is 1.37 bits per heavy atom. The maximum atomic E-state index is 4.52. The topological polar surface area (TPSA) is 63.3 Å². The molecule has 1 N–H and O–H groups in total. The molecule has 0 bridgehead atoms. The van der Waals surface area contributed by atoms with Crippen molar-refractivity contribution >= 4 is 29.9 Å². The van der Waals surface area contributed by atoms with E-state index in [1.807, 2.05) is 31.3 Å². The number of halogens is 1. The highest BCUT2D eigenvalue weighted by atomic mass is 127. The Labute approximate surface area is 179 Å². The summed E-state index contributed by atoms with van der Waals surface area (Å²) in [6.45, 7) is 9.40. The van der Waals surface area contributed by atoms with E-state index in [9.17, 15) is 0 Å². The lowest BCUT2D eigenvalue weighted by Crippen LogP contribution is -2.49. The van der Waals surface area contributed by atoms with Crippen LogP contribution in [0.2, 0.25) is 0 Å². The van der Waals surface area contributed by atoms with Crippen LogP contribution in [0.5, 0.6) is 0 Å². The van der Waals surface area contributed by atoms with Crippen molar-refractivity contribution in [3.05, 3.63) is 35.7 Å². The molecule has 0 radical (unpaired) electrons. The third-order valence-corrected chi connectivity index (χ3v) is 5.65. The highest BCUT2D eigenvalue weighted by Crippen LogP contribution is 2.27. The number of hydrogen-bond donors (Lipinski definition) is 1. The number of imidazole rings is 1. The third kappa shape index (κ3) is 4.83. The zero-order valence-corrected chi connectivity index (χ0v) is 19.3. The highest BCUT2D eigenvalue weighted by molar-refractivity contribution is 14.0. The largest absolute Gasteiger partial charge is 0.356 e. The van der Waals surface area contributed by atoms with Gasteiger partial charge in [0.25, 0.3) is 0 Å². The van der Waals surface area contributed by atoms with Crippen LogP contribution < -0.4 is 5.32 Å². The molecule has 1 fully saturated rings. The molecule has 1 aliphatic heterocycles. The summed E-state index contributed by atoms with van der Waals surface area (Å²) in [7, 11) is 3.87. The van der Waals surface area contributed by atoms with Gasteiger partial charge in [0, 0.05) is 51.8 Å². The van der Waals surface area contributed by atoms with Crippen LogP contribution >= 0.6 is 24.0 Å². The number of aryl methyl sites for hydroxylation is 2. The van der Waals surface area contributed by atoms with E-state index in [1.165, 1.54) is 11.3 Å². The van der Waals surface area contributed by atoms with Gasteiger partial charge < -0.3 is 14.8 Å². The number of aromatic nitrogens is 4. The molecule has 0 aliphatic carbocycles. The summed E-state index contributed by atoms with van der Waals surface area (Å²) in [5.74, 6) is 1.63. The molecule has 2 aromatic heterocycles. The average molecular weight is 485 g/mol. The molecule has 27 heavy (non-hydrogen) atoms. The Bertz CT molecular complexity index is 750. The molecule has 8 heteroatoms. The van der Waals surface area contributed by atoms with E-state index in [0.29, 0.717) is 12.0 Å². The Balaban J connectivity index is 0.00000261. The maximum Gasteiger partial charge on any atom is 0.193 e. The van der Waals surface area contributed by atoms with Gasteiger partial charge in [-0.05, 0) is 38.2 Å². The van der Waals surface area contributed by atoms with Crippen molar-refractivity contribution < 1.29 is 0 Å². The molecule has 3 rings (SSSR count). The van der Waals surface area contributed by atoms with Crippen molar-refractivity contribution in [2.45, 2.75) is 39.7 Å². The second-order valence-corrected chi connectivity index (χ2v) is 7.29. The number of hydrogen-bond acceptors (Lipinski definition) is 3. The van der Waals surface area contributed by atoms with Crippen LogP contribution in [0.4, 0.5) is 0 Å². The molecule has 150 valence electrons. The first-order valence-electron chi connectivity index (χ1n) is 9.43. The Kier molecular flexibility index (Phi) is 7.69. The highest BCUT2D eigenvalue weighted by Gasteiger charge is 2.28. The summed E-state index contributed by atoms with van der Waals surface area (Å²) in [6, 6.07) is 0.438. The van der Waals surface area contributed by atoms with Gasteiger partial charge in [-0.2, -0.15) is 5.10 Å². The minimum atomic E-state index is 0. The number of guanidine groups is 1. The van der Waals surface area contributed by atoms with E-state index in [2.05, 4.69) is 56.8 Å². The molecule has 1 aliphatic rings. The lowest BCUT2D eigenvalue weighted by atomic mass is 9.93. The monoisotopic (exact) mass is 485 g/mol. The predicted molar refractivity (Wildman–Crippen MR) is 120 cm³/mol. The van der Waals surface area contributed by atoms with Crippen LogP contribution in [0.3, 0.4) is 0 Å². The number of piperidine rings is 1. The van der Waals surface area contributed by atoms with Crippen molar-refractivity contribution in [2.75, 3.05) is 26.7 Å². The molecule has 2 unspecified atom stereocenters. The molecule has 0 amide bonds. The SMILES string of the molecule is CN=C(NCCc1c(C)nn(C)c1C)N1CCC(C)C(n2ccnc2)C1.I. The van der Waals surface area contributed by atoms with Gasteiger partial charge in [0.05, 0.1) is 18.1 Å². The number of aliphatic imine (C=N–C) groups is 1. The third-order valence-electron chi connectivity index (χ3n) is 5.65. The molecule has 2 atom stereocenters. The van der Waals surface area contributed by atoms with Crippen LogP contribution in [0.15, 0.2) is 23.7 Å². The van der Waals surface area contributed by atoms with Crippen molar-refractivity contribution in [2.24, 2.45) is 18.0 Å². The quantitative estimate of drug-likeness (QED) is 0.411. The summed E-state index contributed by atoms with van der Waals surface area (Å²) in [5, 5.41) is 8.05. The number of nitrogens with zero attached hydrogens (tertiary/aromatic N) is 6. The molecule has 2 aromatic rings. The summed E-state index contributed by atoms with van der Waals surface area (Å²) < 4.78 is 4.19. The van der Waals surface area contributed by atoms with Gasteiger partial charge in [-0.1, -0.05) is 6.92 Å². The average Bonchev–Trinajstić information content (AvgIpc) is 3.23. The molecule has 0 spiro atoms. The smallest absolute Gasteiger partial charge is 0.193 e. The summed E-state index contributed by atoms with van der Waals surface area (Å²) in [5.41, 5.74) is 3.69. The zero-order chi connectivity index (χ0) is 18.7. The second kappa shape index (κ2) is 9.57. The Hall–Kier alpha value is -1.58. The lowest BCUT2D eigenvalue weighted by molar-refractivity contribution is 0.189. The van der Waals surface area contributed by atoms with Gasteiger partial charge >= 0.3 is 0 Å². The molecule has 1 saturated heterocycles. The maximum absolute atomic E-state index is 4.52. The zero-order valence-electron chi connectivity index (χ0n) is 17.0. The van der Waals surface area contributed by atoms with E-state index in [1.54, 1.807) is 0 Å². The predicted octanol–water partition coefficient (Wildman–Crippen LogP) is 2.55. The van der Waals surface area contributed by atoms with Crippen molar-refractivity contribution in [1.29, 1.82) is 0 Å². The van der Waals surface area contributed by atoms with Gasteiger partial charge in [0.15, 0.2) is 5.96 Å². The van der Waals surface area contributed by atoms with E-state index in [0.717, 1.165) is 44.1 Å². The summed E-state index contributed by atoms with van der Waals surface area (Å²) in [6.07, 6.45) is 7.96. The molecule has 0 aromatic carbocycles. The van der Waals surface area contributed by atoms with E-state index >= 15 is 0 Å². The Morgan fingerprint density at radius 2 is 2.15 bits per heavy atom. The first kappa shape index (κ1) is 21.7. The summed E-state index contributed by atoms with van der Waals surface area (Å²) >= 11 is 0. The number of likely N-dealkylation sites (tertiary alicyclic amines) is 1. The molecular formula is C19H32IN7. The van der Waals surface area contributed by atoms with Crippen molar-refractivity contribution in [3.8, 4) is 0 Å². The fraction of sp³-hybridized carbons (Fsp3) is 0.632. The van der Waals surface area contributed by atoms with Crippen LogP contribution in [-0.4, -0.2) is 56.9 Å². The van der Waals surface area contributed by atoms with Gasteiger partial charge in [-0.25, -0.2) is 4.98 Å². The summed E-state index contributed by atoms with van der Waals surface area (Å²) in [4.78, 5) is 11.1. The van der Waals surface area contributed by atoms with E-state index in [-0.39, 0.29) is 24.0 Å². The minimum Gasteiger partial charge on any atom is -0.356 e. The Morgan fingerprint density at radius 3 is 2.74 bits per heavy atom. The van der Waals surface area contributed by atoms with Crippen molar-refractivity contribution in [3.63, 3.8) is 0 Å². The molecular weight excluding hydrogens is 453 g/mol. The molecule has 3 heterocycles. The van der Waals surface area contributed by atoms with Gasteiger partial charge in [-0.3, -0.25) is 9.67 Å². The van der Waals surface area contributed by atoms with Gasteiger partial charge in [0.2, 0.25) is 0 Å².